The number of benzene rings is 2. The topological polar surface area (TPSA) is 58.4 Å². The maximum Gasteiger partial charge on any atom is 0.350 e. The SMILES string of the molecule is C=CC(=O)N1CCN(c2nc(=O)n3c4c(c(-c5ccc(F)cc5F)c(Cl)cc24)SCC3)C(CSC)C1. The fourth-order valence-corrected chi connectivity index (χ4v) is 7.14. The van der Waals surface area contributed by atoms with Gasteiger partial charge in [-0.3, -0.25) is 9.36 Å². The summed E-state index contributed by atoms with van der Waals surface area (Å²) < 4.78 is 30.1. The number of halogens is 3. The summed E-state index contributed by atoms with van der Waals surface area (Å²) in [7, 11) is 0. The van der Waals surface area contributed by atoms with Crippen LogP contribution in [0.25, 0.3) is 22.0 Å². The Bertz CT molecular complexity index is 1450. The molecule has 2 aliphatic rings. The fourth-order valence-electron chi connectivity index (χ4n) is 4.91. The minimum absolute atomic E-state index is 0.0735. The van der Waals surface area contributed by atoms with Crippen molar-refractivity contribution in [1.29, 1.82) is 0 Å². The monoisotopic (exact) mass is 548 g/mol. The Balaban J connectivity index is 1.71. The fraction of sp³-hybridized carbons (Fsp3) is 0.320. The highest BCUT2D eigenvalue weighted by Crippen LogP contribution is 2.46. The third kappa shape index (κ3) is 4.29. The average Bonchev–Trinajstić information content (AvgIpc) is 2.86. The van der Waals surface area contributed by atoms with Gasteiger partial charge in [-0.05, 0) is 30.5 Å². The van der Waals surface area contributed by atoms with Gasteiger partial charge in [0, 0.05) is 65.2 Å². The lowest BCUT2D eigenvalue weighted by Gasteiger charge is -2.42. The molecule has 0 aliphatic carbocycles. The van der Waals surface area contributed by atoms with Crippen LogP contribution in [0, 0.1) is 11.6 Å². The van der Waals surface area contributed by atoms with E-state index in [2.05, 4.69) is 16.5 Å². The van der Waals surface area contributed by atoms with Gasteiger partial charge in [0.25, 0.3) is 0 Å². The maximum absolute atomic E-state index is 14.8. The molecule has 5 rings (SSSR count). The number of hydrogen-bond donors (Lipinski definition) is 0. The van der Waals surface area contributed by atoms with Crippen molar-refractivity contribution in [2.75, 3.05) is 42.3 Å². The Morgan fingerprint density at radius 1 is 1.31 bits per heavy atom. The third-order valence-electron chi connectivity index (χ3n) is 6.51. The minimum atomic E-state index is -0.718. The number of aromatic nitrogens is 2. The van der Waals surface area contributed by atoms with Crippen LogP contribution in [0.4, 0.5) is 14.6 Å². The lowest BCUT2D eigenvalue weighted by molar-refractivity contribution is -0.126. The van der Waals surface area contributed by atoms with Gasteiger partial charge in [-0.2, -0.15) is 16.7 Å². The average molecular weight is 549 g/mol. The van der Waals surface area contributed by atoms with E-state index in [0.717, 1.165) is 11.8 Å². The molecule has 0 N–H and O–H groups in total. The van der Waals surface area contributed by atoms with Crippen molar-refractivity contribution in [3.63, 3.8) is 0 Å². The minimum Gasteiger partial charge on any atom is -0.349 e. The summed E-state index contributed by atoms with van der Waals surface area (Å²) in [6, 6.07) is 5.05. The number of amides is 1. The van der Waals surface area contributed by atoms with E-state index in [1.54, 1.807) is 27.3 Å². The molecule has 0 saturated carbocycles. The predicted molar refractivity (Wildman–Crippen MR) is 143 cm³/mol. The van der Waals surface area contributed by atoms with Crippen molar-refractivity contribution in [3.05, 3.63) is 64.1 Å². The zero-order chi connectivity index (χ0) is 25.6. The zero-order valence-corrected chi connectivity index (χ0v) is 21.9. The summed E-state index contributed by atoms with van der Waals surface area (Å²) in [5, 5.41) is 0.996. The molecule has 1 amide bonds. The van der Waals surface area contributed by atoms with Crippen molar-refractivity contribution in [2.45, 2.75) is 17.5 Å². The van der Waals surface area contributed by atoms with Crippen LogP contribution in [0.2, 0.25) is 5.02 Å². The van der Waals surface area contributed by atoms with E-state index in [1.165, 1.54) is 30.0 Å². The molecule has 11 heteroatoms. The van der Waals surface area contributed by atoms with E-state index in [1.807, 2.05) is 6.26 Å². The first-order valence-corrected chi connectivity index (χ1v) is 14.1. The molecule has 1 atom stereocenters. The number of hydrogen-bond acceptors (Lipinski definition) is 6. The molecule has 0 radical (unpaired) electrons. The standard InChI is InChI=1S/C25H23ClF2N4O2S2/c1-3-20(33)30-6-7-31(15(12-30)13-35-2)24-17-11-18(26)21(16-5-4-14(27)10-19(16)28)23-22(17)32(8-9-36-23)25(34)29-24/h3-5,10-11,15H,1,6-9,12-13H2,2H3. The molecule has 3 aromatic rings. The normalized spacial score (nSPS) is 17.5. The molecule has 1 unspecified atom stereocenters. The number of carbonyl (C=O) groups excluding carboxylic acids is 1. The smallest absolute Gasteiger partial charge is 0.349 e. The van der Waals surface area contributed by atoms with Crippen molar-refractivity contribution in [3.8, 4) is 11.1 Å². The lowest BCUT2D eigenvalue weighted by Crippen LogP contribution is -2.56. The van der Waals surface area contributed by atoms with Crippen LogP contribution in [-0.2, 0) is 11.3 Å². The molecular weight excluding hydrogens is 526 g/mol. The summed E-state index contributed by atoms with van der Waals surface area (Å²) in [6.45, 7) is 5.49. The van der Waals surface area contributed by atoms with Gasteiger partial charge >= 0.3 is 5.69 Å². The number of aryl methyl sites for hydroxylation is 1. The number of piperazine rings is 1. The van der Waals surface area contributed by atoms with Gasteiger partial charge in [-0.1, -0.05) is 18.2 Å². The largest absolute Gasteiger partial charge is 0.350 e. The molecule has 188 valence electrons. The third-order valence-corrected chi connectivity index (χ3v) is 8.60. The first-order chi connectivity index (χ1) is 17.3. The molecule has 36 heavy (non-hydrogen) atoms. The van der Waals surface area contributed by atoms with E-state index < -0.39 is 11.6 Å². The van der Waals surface area contributed by atoms with Crippen LogP contribution in [0.1, 0.15) is 0 Å². The molecule has 1 aromatic heterocycles. The summed E-state index contributed by atoms with van der Waals surface area (Å²) in [5.74, 6) is 0.304. The highest BCUT2D eigenvalue weighted by atomic mass is 35.5. The summed E-state index contributed by atoms with van der Waals surface area (Å²) >= 11 is 9.91. The molecular formula is C25H23ClF2N4O2S2. The van der Waals surface area contributed by atoms with Crippen molar-refractivity contribution in [1.82, 2.24) is 14.5 Å². The van der Waals surface area contributed by atoms with Crippen LogP contribution >= 0.6 is 35.1 Å². The van der Waals surface area contributed by atoms with E-state index in [-0.39, 0.29) is 23.2 Å². The van der Waals surface area contributed by atoms with Gasteiger partial charge in [0.15, 0.2) is 0 Å². The lowest BCUT2D eigenvalue weighted by atomic mass is 10.0. The molecule has 2 aliphatic heterocycles. The van der Waals surface area contributed by atoms with Crippen LogP contribution in [0.5, 0.6) is 0 Å². The van der Waals surface area contributed by atoms with Crippen LogP contribution in [0.3, 0.4) is 0 Å². The number of nitrogens with zero attached hydrogens (tertiary/aromatic N) is 4. The Hall–Kier alpha value is -2.56. The Labute approximate surface area is 220 Å². The van der Waals surface area contributed by atoms with Gasteiger partial charge in [0.2, 0.25) is 5.91 Å². The van der Waals surface area contributed by atoms with Gasteiger partial charge < -0.3 is 9.80 Å². The number of rotatable bonds is 5. The van der Waals surface area contributed by atoms with Gasteiger partial charge in [-0.15, -0.1) is 11.8 Å². The maximum atomic E-state index is 14.8. The molecule has 3 heterocycles. The first-order valence-electron chi connectivity index (χ1n) is 11.4. The molecule has 1 saturated heterocycles. The Kier molecular flexibility index (Phi) is 7.02. The number of anilines is 1. The van der Waals surface area contributed by atoms with E-state index in [0.29, 0.717) is 64.1 Å². The Morgan fingerprint density at radius 3 is 2.83 bits per heavy atom. The molecule has 0 bridgehead atoms. The Morgan fingerprint density at radius 2 is 2.11 bits per heavy atom. The highest BCUT2D eigenvalue weighted by molar-refractivity contribution is 7.99. The van der Waals surface area contributed by atoms with Crippen molar-refractivity contribution in [2.24, 2.45) is 0 Å². The molecule has 1 fully saturated rings. The second-order valence-electron chi connectivity index (χ2n) is 8.59. The van der Waals surface area contributed by atoms with E-state index in [4.69, 9.17) is 11.6 Å². The summed E-state index contributed by atoms with van der Waals surface area (Å²) in [4.78, 5) is 34.5. The summed E-state index contributed by atoms with van der Waals surface area (Å²) in [6.07, 6.45) is 3.30. The highest BCUT2D eigenvalue weighted by Gasteiger charge is 2.33. The second-order valence-corrected chi connectivity index (χ2v) is 11.0. The second kappa shape index (κ2) is 10.1. The molecule has 0 spiro atoms. The van der Waals surface area contributed by atoms with Crippen LogP contribution in [0.15, 0.2) is 46.6 Å². The molecule has 6 nitrogen and oxygen atoms in total. The van der Waals surface area contributed by atoms with Gasteiger partial charge in [0.1, 0.15) is 17.5 Å². The van der Waals surface area contributed by atoms with Crippen molar-refractivity contribution >= 4 is 57.8 Å². The van der Waals surface area contributed by atoms with Crippen LogP contribution in [-0.4, -0.2) is 63.8 Å². The van der Waals surface area contributed by atoms with E-state index in [9.17, 15) is 18.4 Å². The number of carbonyl (C=O) groups is 1. The van der Waals surface area contributed by atoms with Crippen molar-refractivity contribution < 1.29 is 13.6 Å². The van der Waals surface area contributed by atoms with Crippen LogP contribution < -0.4 is 10.6 Å². The van der Waals surface area contributed by atoms with Gasteiger partial charge in [0.05, 0.1) is 16.6 Å². The summed E-state index contributed by atoms with van der Waals surface area (Å²) in [5.41, 5.74) is 0.886. The molecule has 2 aromatic carbocycles. The number of thioether (sulfide) groups is 2. The quantitative estimate of drug-likeness (QED) is 0.432. The predicted octanol–water partition coefficient (Wildman–Crippen LogP) is 4.67. The van der Waals surface area contributed by atoms with E-state index >= 15 is 0 Å². The zero-order valence-electron chi connectivity index (χ0n) is 19.5. The van der Waals surface area contributed by atoms with Gasteiger partial charge in [-0.25, -0.2) is 13.6 Å². The first kappa shape index (κ1) is 25.1.